The molecule has 1 N–H and O–H groups in total. The first-order chi connectivity index (χ1) is 12.3. The van der Waals surface area contributed by atoms with Crippen LogP contribution in [-0.2, 0) is 9.53 Å². The molecule has 5 nitrogen and oxygen atoms in total. The number of ether oxygens (including phenoxy) is 2. The minimum Gasteiger partial charge on any atom is -0.493 e. The van der Waals surface area contributed by atoms with E-state index in [-0.39, 0.29) is 11.3 Å². The predicted octanol–water partition coefficient (Wildman–Crippen LogP) is 3.80. The molecule has 0 radical (unpaired) electrons. The van der Waals surface area contributed by atoms with E-state index in [9.17, 15) is 18.4 Å². The van der Waals surface area contributed by atoms with Gasteiger partial charge >= 0.3 is 5.97 Å². The van der Waals surface area contributed by atoms with Gasteiger partial charge in [-0.3, -0.25) is 4.79 Å². The monoisotopic (exact) mass is 363 g/mol. The maximum atomic E-state index is 13.5. The third-order valence-corrected chi connectivity index (χ3v) is 3.19. The molecule has 0 bridgehead atoms. The molecule has 0 unspecified atom stereocenters. The van der Waals surface area contributed by atoms with Gasteiger partial charge in [-0.05, 0) is 36.2 Å². The average molecular weight is 363 g/mol. The Labute approximate surface area is 149 Å². The zero-order valence-corrected chi connectivity index (χ0v) is 14.4. The minimum atomic E-state index is -0.917. The first-order valence-corrected chi connectivity index (χ1v) is 8.00. The summed E-state index contributed by atoms with van der Waals surface area (Å²) >= 11 is 0. The number of carbonyl (C=O) groups excluding carboxylic acids is 2. The summed E-state index contributed by atoms with van der Waals surface area (Å²) in [5.74, 6) is -2.27. The number of halogens is 2. The SMILES string of the molecule is CC(C)COc1cccc(C(=O)OCC(=O)Nc2ccc(F)cc2F)c1. The molecule has 0 saturated carbocycles. The maximum absolute atomic E-state index is 13.5. The molecule has 0 heterocycles. The zero-order valence-electron chi connectivity index (χ0n) is 14.4. The van der Waals surface area contributed by atoms with E-state index in [0.717, 1.165) is 12.1 Å². The van der Waals surface area contributed by atoms with Crippen LogP contribution in [0.5, 0.6) is 5.75 Å². The molecule has 26 heavy (non-hydrogen) atoms. The molecule has 0 aliphatic carbocycles. The van der Waals surface area contributed by atoms with Crippen LogP contribution < -0.4 is 10.1 Å². The lowest BCUT2D eigenvalue weighted by atomic mass is 10.2. The number of hydrogen-bond donors (Lipinski definition) is 1. The van der Waals surface area contributed by atoms with Crippen LogP contribution in [-0.4, -0.2) is 25.1 Å². The first-order valence-electron chi connectivity index (χ1n) is 8.00. The van der Waals surface area contributed by atoms with Crippen LogP contribution in [0.4, 0.5) is 14.5 Å². The van der Waals surface area contributed by atoms with Crippen LogP contribution in [0, 0.1) is 17.6 Å². The Morgan fingerprint density at radius 2 is 1.88 bits per heavy atom. The highest BCUT2D eigenvalue weighted by atomic mass is 19.1. The van der Waals surface area contributed by atoms with Crippen molar-refractivity contribution in [1.82, 2.24) is 0 Å². The minimum absolute atomic E-state index is 0.198. The Kier molecular flexibility index (Phi) is 6.66. The second-order valence-electron chi connectivity index (χ2n) is 5.98. The Bertz CT molecular complexity index is 793. The van der Waals surface area contributed by atoms with Gasteiger partial charge in [0.2, 0.25) is 0 Å². The third kappa shape index (κ3) is 5.84. The fraction of sp³-hybridized carbons (Fsp3) is 0.263. The van der Waals surface area contributed by atoms with E-state index in [0.29, 0.717) is 24.3 Å². The average Bonchev–Trinajstić information content (AvgIpc) is 2.60. The van der Waals surface area contributed by atoms with Crippen molar-refractivity contribution in [3.63, 3.8) is 0 Å². The van der Waals surface area contributed by atoms with Crippen LogP contribution >= 0.6 is 0 Å². The molecule has 2 rings (SSSR count). The lowest BCUT2D eigenvalue weighted by molar-refractivity contribution is -0.119. The molecule has 0 fully saturated rings. The summed E-state index contributed by atoms with van der Waals surface area (Å²) in [6.07, 6.45) is 0. The van der Waals surface area contributed by atoms with E-state index in [1.165, 1.54) is 12.1 Å². The van der Waals surface area contributed by atoms with Gasteiger partial charge in [0.05, 0.1) is 17.9 Å². The number of rotatable bonds is 7. The highest BCUT2D eigenvalue weighted by molar-refractivity contribution is 5.95. The highest BCUT2D eigenvalue weighted by Gasteiger charge is 2.13. The lowest BCUT2D eigenvalue weighted by Crippen LogP contribution is -2.21. The molecule has 0 atom stereocenters. The van der Waals surface area contributed by atoms with Crippen molar-refractivity contribution in [1.29, 1.82) is 0 Å². The van der Waals surface area contributed by atoms with Crippen molar-refractivity contribution in [3.05, 3.63) is 59.7 Å². The largest absolute Gasteiger partial charge is 0.493 e. The Hall–Kier alpha value is -2.96. The van der Waals surface area contributed by atoms with Gasteiger partial charge in [-0.15, -0.1) is 0 Å². The molecule has 0 saturated heterocycles. The molecule has 0 aromatic heterocycles. The van der Waals surface area contributed by atoms with Gasteiger partial charge in [-0.25, -0.2) is 13.6 Å². The Morgan fingerprint density at radius 3 is 2.58 bits per heavy atom. The third-order valence-electron chi connectivity index (χ3n) is 3.19. The van der Waals surface area contributed by atoms with Gasteiger partial charge in [0.15, 0.2) is 6.61 Å². The Balaban J connectivity index is 1.89. The molecular weight excluding hydrogens is 344 g/mol. The summed E-state index contributed by atoms with van der Waals surface area (Å²) in [5, 5.41) is 2.21. The van der Waals surface area contributed by atoms with Gasteiger partial charge < -0.3 is 14.8 Å². The summed E-state index contributed by atoms with van der Waals surface area (Å²) in [6, 6.07) is 9.13. The second-order valence-corrected chi connectivity index (χ2v) is 5.98. The number of anilines is 1. The van der Waals surface area contributed by atoms with E-state index in [4.69, 9.17) is 9.47 Å². The molecule has 0 spiro atoms. The van der Waals surface area contributed by atoms with E-state index in [2.05, 4.69) is 5.32 Å². The summed E-state index contributed by atoms with van der Waals surface area (Å²) in [6.45, 7) is 3.90. The number of carbonyl (C=O) groups is 2. The molecule has 1 amide bonds. The van der Waals surface area contributed by atoms with E-state index < -0.39 is 30.1 Å². The first kappa shape index (κ1) is 19.4. The molecule has 2 aromatic carbocycles. The van der Waals surface area contributed by atoms with Gasteiger partial charge in [0, 0.05) is 6.07 Å². The van der Waals surface area contributed by atoms with Crippen LogP contribution in [0.1, 0.15) is 24.2 Å². The summed E-state index contributed by atoms with van der Waals surface area (Å²) in [7, 11) is 0. The highest BCUT2D eigenvalue weighted by Crippen LogP contribution is 2.16. The van der Waals surface area contributed by atoms with Gasteiger partial charge in [-0.2, -0.15) is 0 Å². The maximum Gasteiger partial charge on any atom is 0.338 e. The fourth-order valence-electron chi connectivity index (χ4n) is 1.97. The zero-order chi connectivity index (χ0) is 19.1. The lowest BCUT2D eigenvalue weighted by Gasteiger charge is -2.10. The number of esters is 1. The predicted molar refractivity (Wildman–Crippen MR) is 92.0 cm³/mol. The second kappa shape index (κ2) is 8.94. The van der Waals surface area contributed by atoms with Crippen LogP contribution in [0.15, 0.2) is 42.5 Å². The van der Waals surface area contributed by atoms with Crippen molar-refractivity contribution in [3.8, 4) is 5.75 Å². The van der Waals surface area contributed by atoms with E-state index in [1.54, 1.807) is 12.1 Å². The van der Waals surface area contributed by atoms with Crippen molar-refractivity contribution in [2.75, 3.05) is 18.5 Å². The van der Waals surface area contributed by atoms with Crippen molar-refractivity contribution in [2.24, 2.45) is 5.92 Å². The number of hydrogen-bond acceptors (Lipinski definition) is 4. The molecule has 7 heteroatoms. The van der Waals surface area contributed by atoms with E-state index >= 15 is 0 Å². The number of nitrogens with one attached hydrogen (secondary N) is 1. The van der Waals surface area contributed by atoms with Crippen molar-refractivity contribution in [2.45, 2.75) is 13.8 Å². The molecule has 2 aromatic rings. The van der Waals surface area contributed by atoms with Crippen molar-refractivity contribution >= 4 is 17.6 Å². The topological polar surface area (TPSA) is 64.6 Å². The summed E-state index contributed by atoms with van der Waals surface area (Å²) in [4.78, 5) is 23.8. The van der Waals surface area contributed by atoms with Crippen molar-refractivity contribution < 1.29 is 27.8 Å². The molecule has 0 aliphatic rings. The fourth-order valence-corrected chi connectivity index (χ4v) is 1.97. The van der Waals surface area contributed by atoms with Gasteiger partial charge in [0.25, 0.3) is 5.91 Å². The van der Waals surface area contributed by atoms with Gasteiger partial charge in [-0.1, -0.05) is 19.9 Å². The normalized spacial score (nSPS) is 10.5. The van der Waals surface area contributed by atoms with E-state index in [1.807, 2.05) is 13.8 Å². The smallest absolute Gasteiger partial charge is 0.338 e. The Morgan fingerprint density at radius 1 is 1.12 bits per heavy atom. The quantitative estimate of drug-likeness (QED) is 0.760. The van der Waals surface area contributed by atoms with Gasteiger partial charge in [0.1, 0.15) is 17.4 Å². The summed E-state index contributed by atoms with van der Waals surface area (Å²) in [5.41, 5.74) is 0.0311. The molecule has 138 valence electrons. The van der Waals surface area contributed by atoms with Crippen LogP contribution in [0.25, 0.3) is 0 Å². The molecule has 0 aliphatic heterocycles. The molecular formula is C19H19F2NO4. The van der Waals surface area contributed by atoms with Crippen LogP contribution in [0.3, 0.4) is 0 Å². The number of benzene rings is 2. The van der Waals surface area contributed by atoms with Crippen LogP contribution in [0.2, 0.25) is 0 Å². The summed E-state index contributed by atoms with van der Waals surface area (Å²) < 4.78 is 36.7. The number of amides is 1. The standard InChI is InChI=1S/C19H19F2NO4/c1-12(2)10-25-15-5-3-4-13(8-15)19(24)26-11-18(23)22-17-7-6-14(20)9-16(17)21/h3-9,12H,10-11H2,1-2H3,(H,22,23).